The van der Waals surface area contributed by atoms with E-state index in [4.69, 9.17) is 17.5 Å². The lowest BCUT2D eigenvalue weighted by Crippen LogP contribution is -3.05. The van der Waals surface area contributed by atoms with Crippen molar-refractivity contribution in [3.63, 3.8) is 0 Å². The SMILES string of the molecule is C[NH+](C)CCCCCCCCCCCCCc1ccccc1.O=S(=O)([O-])O. The van der Waals surface area contributed by atoms with Crippen LogP contribution < -0.4 is 4.90 Å². The summed E-state index contributed by atoms with van der Waals surface area (Å²) in [5.74, 6) is 0. The first kappa shape index (κ1) is 26.1. The minimum absolute atomic E-state index is 1.26. The van der Waals surface area contributed by atoms with Crippen molar-refractivity contribution in [1.82, 2.24) is 0 Å². The van der Waals surface area contributed by atoms with Crippen LogP contribution in [-0.4, -0.2) is 38.2 Å². The zero-order valence-corrected chi connectivity index (χ0v) is 18.0. The number of quaternary nitrogens is 1. The molecule has 0 spiro atoms. The van der Waals surface area contributed by atoms with E-state index in [-0.39, 0.29) is 0 Å². The second-order valence-electron chi connectivity index (χ2n) is 7.51. The van der Waals surface area contributed by atoms with Crippen LogP contribution in [0.3, 0.4) is 0 Å². The van der Waals surface area contributed by atoms with Gasteiger partial charge in [-0.15, -0.1) is 0 Å². The van der Waals surface area contributed by atoms with Crippen LogP contribution in [0.15, 0.2) is 30.3 Å². The lowest BCUT2D eigenvalue weighted by molar-refractivity contribution is -0.858. The van der Waals surface area contributed by atoms with E-state index >= 15 is 0 Å². The third kappa shape index (κ3) is 25.1. The van der Waals surface area contributed by atoms with Crippen molar-refractivity contribution in [2.24, 2.45) is 0 Å². The smallest absolute Gasteiger partial charge is 0.215 e. The zero-order valence-electron chi connectivity index (χ0n) is 17.2. The molecule has 0 atom stereocenters. The van der Waals surface area contributed by atoms with Crippen molar-refractivity contribution in [2.75, 3.05) is 20.6 Å². The van der Waals surface area contributed by atoms with Gasteiger partial charge in [0, 0.05) is 0 Å². The molecule has 0 radical (unpaired) electrons. The van der Waals surface area contributed by atoms with Crippen LogP contribution in [0.1, 0.15) is 76.2 Å². The Bertz CT molecular complexity index is 524. The summed E-state index contributed by atoms with van der Waals surface area (Å²) in [6, 6.07) is 10.9. The largest absolute Gasteiger partial charge is 0.726 e. The van der Waals surface area contributed by atoms with Gasteiger partial charge in [-0.3, -0.25) is 4.55 Å². The van der Waals surface area contributed by atoms with Gasteiger partial charge in [0.15, 0.2) is 0 Å². The molecule has 0 aliphatic rings. The summed E-state index contributed by atoms with van der Waals surface area (Å²) in [5.41, 5.74) is 1.50. The van der Waals surface area contributed by atoms with Crippen LogP contribution in [0.2, 0.25) is 0 Å². The molecule has 0 aliphatic carbocycles. The first-order valence-corrected chi connectivity index (χ1v) is 11.7. The van der Waals surface area contributed by atoms with Crippen molar-refractivity contribution in [2.45, 2.75) is 77.0 Å². The topological polar surface area (TPSA) is 81.9 Å². The maximum Gasteiger partial charge on any atom is 0.215 e. The summed E-state index contributed by atoms with van der Waals surface area (Å²) in [6.07, 6.45) is 17.0. The van der Waals surface area contributed by atoms with Gasteiger partial charge >= 0.3 is 0 Å². The average Bonchev–Trinajstić information content (AvgIpc) is 2.58. The summed E-state index contributed by atoms with van der Waals surface area (Å²) < 4.78 is 32.8. The summed E-state index contributed by atoms with van der Waals surface area (Å²) >= 11 is 0. The highest BCUT2D eigenvalue weighted by Crippen LogP contribution is 2.12. The molecule has 1 rings (SSSR count). The monoisotopic (exact) mass is 401 g/mol. The Morgan fingerprint density at radius 2 is 1.15 bits per heavy atom. The van der Waals surface area contributed by atoms with E-state index in [1.807, 2.05) is 0 Å². The van der Waals surface area contributed by atoms with Crippen LogP contribution in [0.25, 0.3) is 0 Å². The number of aryl methyl sites for hydroxylation is 1. The van der Waals surface area contributed by atoms with E-state index in [9.17, 15) is 0 Å². The Balaban J connectivity index is 0.00000119. The van der Waals surface area contributed by atoms with Gasteiger partial charge in [-0.05, 0) is 31.2 Å². The predicted molar refractivity (Wildman–Crippen MR) is 111 cm³/mol. The molecule has 5 nitrogen and oxygen atoms in total. The Hall–Kier alpha value is -0.950. The van der Waals surface area contributed by atoms with Crippen LogP contribution in [-0.2, 0) is 16.8 Å². The third-order valence-corrected chi connectivity index (χ3v) is 4.49. The fraction of sp³-hybridized carbons (Fsp3) is 0.714. The minimum atomic E-state index is -4.92. The molecule has 1 aromatic rings. The third-order valence-electron chi connectivity index (χ3n) is 4.49. The molecule has 0 aliphatic heterocycles. The van der Waals surface area contributed by atoms with Crippen molar-refractivity contribution >= 4 is 10.4 Å². The number of nitrogens with one attached hydrogen (secondary N) is 1. The summed E-state index contributed by atoms with van der Waals surface area (Å²) in [4.78, 5) is 1.59. The number of hydrogen-bond acceptors (Lipinski definition) is 3. The highest BCUT2D eigenvalue weighted by atomic mass is 32.3. The molecule has 0 bridgehead atoms. The highest BCUT2D eigenvalue weighted by Gasteiger charge is 1.96. The fourth-order valence-corrected chi connectivity index (χ4v) is 3.04. The molecule has 27 heavy (non-hydrogen) atoms. The standard InChI is InChI=1S/C21H37N.H2O4S/c1-22(2)20-16-11-9-7-5-3-4-6-8-10-13-17-21-18-14-12-15-19-21;1-5(2,3)4/h12,14-15,18-19H,3-11,13,16-17,20H2,1-2H3;(H2,1,2,3,4). The molecule has 1 aromatic carbocycles. The number of unbranched alkanes of at least 4 members (excludes halogenated alkanes) is 10. The van der Waals surface area contributed by atoms with Crippen LogP contribution in [0, 0.1) is 0 Å². The second kappa shape index (κ2) is 17.2. The fourth-order valence-electron chi connectivity index (χ4n) is 3.04. The van der Waals surface area contributed by atoms with Gasteiger partial charge in [0.25, 0.3) is 0 Å². The van der Waals surface area contributed by atoms with Gasteiger partial charge < -0.3 is 9.45 Å². The number of rotatable bonds is 14. The summed E-state index contributed by atoms with van der Waals surface area (Å²) in [6.45, 7) is 1.34. The molecule has 0 fully saturated rings. The quantitative estimate of drug-likeness (QED) is 0.283. The van der Waals surface area contributed by atoms with Gasteiger partial charge in [-0.25, -0.2) is 8.42 Å². The Kier molecular flexibility index (Phi) is 16.6. The van der Waals surface area contributed by atoms with Gasteiger partial charge in [0.2, 0.25) is 10.4 Å². The summed E-state index contributed by atoms with van der Waals surface area (Å²) in [7, 11) is -0.417. The van der Waals surface area contributed by atoms with Crippen LogP contribution >= 0.6 is 0 Å². The molecule has 158 valence electrons. The lowest BCUT2D eigenvalue weighted by atomic mass is 10.0. The van der Waals surface area contributed by atoms with E-state index in [1.165, 1.54) is 89.2 Å². The first-order chi connectivity index (χ1) is 12.8. The van der Waals surface area contributed by atoms with E-state index in [2.05, 4.69) is 44.4 Å². The summed E-state index contributed by atoms with van der Waals surface area (Å²) in [5, 5.41) is 0. The van der Waals surface area contributed by atoms with Gasteiger partial charge in [0.1, 0.15) is 0 Å². The molecule has 0 saturated heterocycles. The van der Waals surface area contributed by atoms with Gasteiger partial charge in [-0.1, -0.05) is 81.7 Å². The van der Waals surface area contributed by atoms with Gasteiger partial charge in [0.05, 0.1) is 20.6 Å². The molecule has 6 heteroatoms. The Labute approximate surface area is 166 Å². The molecule has 0 saturated carbocycles. The Morgan fingerprint density at radius 1 is 0.778 bits per heavy atom. The average molecular weight is 402 g/mol. The van der Waals surface area contributed by atoms with Crippen LogP contribution in [0.4, 0.5) is 0 Å². The molecular weight excluding hydrogens is 362 g/mol. The molecule has 0 aromatic heterocycles. The predicted octanol–water partition coefficient (Wildman–Crippen LogP) is 3.67. The normalized spacial score (nSPS) is 11.3. The number of hydrogen-bond donors (Lipinski definition) is 2. The van der Waals surface area contributed by atoms with Crippen LogP contribution in [0.5, 0.6) is 0 Å². The van der Waals surface area contributed by atoms with Crippen molar-refractivity contribution in [1.29, 1.82) is 0 Å². The molecule has 0 amide bonds. The van der Waals surface area contributed by atoms with E-state index in [0.29, 0.717) is 0 Å². The zero-order chi connectivity index (χ0) is 20.4. The van der Waals surface area contributed by atoms with Crippen molar-refractivity contribution < 1.29 is 22.4 Å². The van der Waals surface area contributed by atoms with E-state index in [0.717, 1.165) is 0 Å². The number of benzene rings is 1. The molecular formula is C21H39NO4S. The molecule has 0 unspecified atom stereocenters. The highest BCUT2D eigenvalue weighted by molar-refractivity contribution is 7.79. The maximum absolute atomic E-state index is 8.63. The molecule has 0 heterocycles. The van der Waals surface area contributed by atoms with Crippen molar-refractivity contribution in [3.05, 3.63) is 35.9 Å². The molecule has 2 N–H and O–H groups in total. The second-order valence-corrected chi connectivity index (χ2v) is 8.36. The minimum Gasteiger partial charge on any atom is -0.726 e. The van der Waals surface area contributed by atoms with E-state index in [1.54, 1.807) is 4.90 Å². The first-order valence-electron chi connectivity index (χ1n) is 10.3. The lowest BCUT2D eigenvalue weighted by Gasteiger charge is -2.06. The van der Waals surface area contributed by atoms with Crippen molar-refractivity contribution in [3.8, 4) is 0 Å². The van der Waals surface area contributed by atoms with Gasteiger partial charge in [-0.2, -0.15) is 0 Å². The maximum atomic E-state index is 8.63. The Morgan fingerprint density at radius 3 is 1.56 bits per heavy atom. The van der Waals surface area contributed by atoms with E-state index < -0.39 is 10.4 Å².